The molecule has 0 saturated heterocycles. The van der Waals surface area contributed by atoms with Gasteiger partial charge in [-0.1, -0.05) is 34.1 Å². The molecular weight excluding hydrogens is 220 g/mol. The molecule has 0 aliphatic rings. The molecule has 0 aromatic heterocycles. The van der Waals surface area contributed by atoms with Gasteiger partial charge in [0.1, 0.15) is 0 Å². The number of carbonyl (C=O) groups is 2. The number of esters is 1. The molecule has 0 bridgehead atoms. The Balaban J connectivity index is 4.99. The van der Waals surface area contributed by atoms with Crippen LogP contribution < -0.4 is 0 Å². The fourth-order valence-corrected chi connectivity index (χ4v) is 1.48. The second kappa shape index (κ2) is 5.52. The predicted molar refractivity (Wildman–Crippen MR) is 65.7 cm³/mol. The molecule has 0 aliphatic heterocycles. The maximum absolute atomic E-state index is 12.0. The zero-order valence-corrected chi connectivity index (χ0v) is 11.7. The van der Waals surface area contributed by atoms with E-state index in [1.807, 2.05) is 6.92 Å². The molecule has 4 nitrogen and oxygen atoms in total. The summed E-state index contributed by atoms with van der Waals surface area (Å²) in [5, 5.41) is 9.28. The molecule has 0 aromatic rings. The Labute approximate surface area is 103 Å². The molecule has 1 N–H and O–H groups in total. The molecule has 0 fully saturated rings. The van der Waals surface area contributed by atoms with Crippen LogP contribution in [0.5, 0.6) is 0 Å². The minimum Gasteiger partial charge on any atom is -0.480 e. The van der Waals surface area contributed by atoms with Crippen LogP contribution >= 0.6 is 0 Å². The van der Waals surface area contributed by atoms with Crippen molar-refractivity contribution in [3.63, 3.8) is 0 Å². The van der Waals surface area contributed by atoms with Crippen LogP contribution in [-0.4, -0.2) is 23.1 Å². The van der Waals surface area contributed by atoms with E-state index in [4.69, 9.17) is 4.74 Å². The second-order valence-electron chi connectivity index (χ2n) is 5.68. The van der Waals surface area contributed by atoms with Crippen molar-refractivity contribution in [3.8, 4) is 0 Å². The van der Waals surface area contributed by atoms with Crippen LogP contribution in [0.25, 0.3) is 0 Å². The van der Waals surface area contributed by atoms with Gasteiger partial charge >= 0.3 is 11.9 Å². The van der Waals surface area contributed by atoms with Gasteiger partial charge in [-0.25, -0.2) is 0 Å². The molecule has 100 valence electrons. The largest absolute Gasteiger partial charge is 0.480 e. The zero-order valence-electron chi connectivity index (χ0n) is 11.7. The summed E-state index contributed by atoms with van der Waals surface area (Å²) in [6, 6.07) is 0. The lowest BCUT2D eigenvalue weighted by molar-refractivity contribution is -0.179. The van der Waals surface area contributed by atoms with Gasteiger partial charge in [0.25, 0.3) is 0 Å². The average molecular weight is 244 g/mol. The molecule has 0 saturated carbocycles. The first kappa shape index (κ1) is 15.9. The van der Waals surface area contributed by atoms with E-state index < -0.39 is 22.8 Å². The van der Waals surface area contributed by atoms with Crippen molar-refractivity contribution in [1.29, 1.82) is 0 Å². The molecule has 0 rings (SSSR count). The lowest BCUT2D eigenvalue weighted by Gasteiger charge is -2.36. The summed E-state index contributed by atoms with van der Waals surface area (Å²) in [5.41, 5.74) is -2.21. The van der Waals surface area contributed by atoms with Crippen LogP contribution in [0, 0.1) is 10.8 Å². The normalized spacial score (nSPS) is 17.1. The number of hydrogen-bond acceptors (Lipinski definition) is 3. The van der Waals surface area contributed by atoms with Crippen molar-refractivity contribution in [1.82, 2.24) is 0 Å². The van der Waals surface area contributed by atoms with Gasteiger partial charge in [-0.15, -0.1) is 0 Å². The van der Waals surface area contributed by atoms with E-state index in [2.05, 4.69) is 0 Å². The highest BCUT2D eigenvalue weighted by Gasteiger charge is 2.52. The van der Waals surface area contributed by atoms with Crippen LogP contribution in [-0.2, 0) is 14.3 Å². The van der Waals surface area contributed by atoms with E-state index in [1.54, 1.807) is 27.7 Å². The zero-order chi connectivity index (χ0) is 13.9. The van der Waals surface area contributed by atoms with Crippen molar-refractivity contribution in [2.24, 2.45) is 10.8 Å². The number of rotatable bonds is 5. The van der Waals surface area contributed by atoms with E-state index in [9.17, 15) is 14.7 Å². The maximum atomic E-state index is 12.0. The van der Waals surface area contributed by atoms with Crippen molar-refractivity contribution in [2.45, 2.75) is 60.5 Å². The molecule has 4 heteroatoms. The van der Waals surface area contributed by atoms with E-state index in [-0.39, 0.29) is 6.10 Å². The Kier molecular flexibility index (Phi) is 5.17. The Morgan fingerprint density at radius 1 is 1.24 bits per heavy atom. The van der Waals surface area contributed by atoms with Gasteiger partial charge < -0.3 is 9.84 Å². The van der Waals surface area contributed by atoms with Crippen LogP contribution in [0.15, 0.2) is 0 Å². The Morgan fingerprint density at radius 2 is 1.71 bits per heavy atom. The summed E-state index contributed by atoms with van der Waals surface area (Å²) in [7, 11) is 0. The monoisotopic (exact) mass is 244 g/mol. The minimum absolute atomic E-state index is 0.242. The summed E-state index contributed by atoms with van der Waals surface area (Å²) < 4.78 is 5.22. The predicted octanol–water partition coefficient (Wildman–Crippen LogP) is 2.86. The highest BCUT2D eigenvalue weighted by atomic mass is 16.5. The fourth-order valence-electron chi connectivity index (χ4n) is 1.48. The standard InChI is InChI=1S/C13H24O4/c1-7-8-9(2)17-11(16)13(6,10(14)15)12(3,4)5/h9H,7-8H2,1-6H3,(H,14,15). The number of carbonyl (C=O) groups excluding carboxylic acids is 1. The molecule has 0 heterocycles. The van der Waals surface area contributed by atoms with Crippen LogP contribution in [0.1, 0.15) is 54.4 Å². The summed E-state index contributed by atoms with van der Waals surface area (Å²) >= 11 is 0. The molecular formula is C13H24O4. The fraction of sp³-hybridized carbons (Fsp3) is 0.846. The third kappa shape index (κ3) is 3.45. The first-order chi connectivity index (χ1) is 7.57. The average Bonchev–Trinajstić information content (AvgIpc) is 2.14. The Hall–Kier alpha value is -1.06. The number of ether oxygens (including phenoxy) is 1. The lowest BCUT2D eigenvalue weighted by atomic mass is 9.68. The Bertz CT molecular complexity index is 290. The van der Waals surface area contributed by atoms with Gasteiger partial charge in [-0.05, 0) is 25.7 Å². The van der Waals surface area contributed by atoms with Gasteiger partial charge in [0, 0.05) is 0 Å². The number of carboxylic acids is 1. The molecule has 17 heavy (non-hydrogen) atoms. The number of carboxylic acid groups (broad SMARTS) is 1. The van der Waals surface area contributed by atoms with Crippen LogP contribution in [0.4, 0.5) is 0 Å². The van der Waals surface area contributed by atoms with Gasteiger partial charge in [0.05, 0.1) is 6.10 Å². The van der Waals surface area contributed by atoms with Gasteiger partial charge in [-0.3, -0.25) is 9.59 Å². The quantitative estimate of drug-likeness (QED) is 0.596. The van der Waals surface area contributed by atoms with E-state index in [1.165, 1.54) is 6.92 Å². The summed E-state index contributed by atoms with van der Waals surface area (Å²) in [6.07, 6.45) is 1.40. The molecule has 2 atom stereocenters. The van der Waals surface area contributed by atoms with Gasteiger partial charge in [-0.2, -0.15) is 0 Å². The molecule has 0 radical (unpaired) electrons. The van der Waals surface area contributed by atoms with Gasteiger partial charge in [0.15, 0.2) is 5.41 Å². The Morgan fingerprint density at radius 3 is 2.00 bits per heavy atom. The third-order valence-electron chi connectivity index (χ3n) is 3.34. The topological polar surface area (TPSA) is 63.6 Å². The van der Waals surface area contributed by atoms with Crippen molar-refractivity contribution in [2.75, 3.05) is 0 Å². The van der Waals surface area contributed by atoms with E-state index in [0.717, 1.165) is 12.8 Å². The van der Waals surface area contributed by atoms with Crippen molar-refractivity contribution in [3.05, 3.63) is 0 Å². The van der Waals surface area contributed by atoms with E-state index in [0.29, 0.717) is 0 Å². The first-order valence-electron chi connectivity index (χ1n) is 6.01. The molecule has 0 spiro atoms. The minimum atomic E-state index is -1.52. The van der Waals surface area contributed by atoms with Crippen molar-refractivity contribution >= 4 is 11.9 Å². The second-order valence-corrected chi connectivity index (χ2v) is 5.68. The molecule has 0 amide bonds. The van der Waals surface area contributed by atoms with Crippen molar-refractivity contribution < 1.29 is 19.4 Å². The van der Waals surface area contributed by atoms with Crippen LogP contribution in [0.2, 0.25) is 0 Å². The van der Waals surface area contributed by atoms with E-state index >= 15 is 0 Å². The highest BCUT2D eigenvalue weighted by Crippen LogP contribution is 2.40. The SMILES string of the molecule is CCCC(C)OC(=O)C(C)(C(=O)O)C(C)(C)C. The van der Waals surface area contributed by atoms with Gasteiger partial charge in [0.2, 0.25) is 0 Å². The molecule has 0 aliphatic carbocycles. The molecule has 0 aromatic carbocycles. The maximum Gasteiger partial charge on any atom is 0.324 e. The smallest absolute Gasteiger partial charge is 0.324 e. The number of aliphatic carboxylic acids is 1. The summed E-state index contributed by atoms with van der Waals surface area (Å²) in [5.74, 6) is -1.79. The van der Waals surface area contributed by atoms with Crippen LogP contribution in [0.3, 0.4) is 0 Å². The highest BCUT2D eigenvalue weighted by molar-refractivity contribution is 5.99. The summed E-state index contributed by atoms with van der Waals surface area (Å²) in [4.78, 5) is 23.4. The molecule has 2 unspecified atom stereocenters. The first-order valence-corrected chi connectivity index (χ1v) is 6.01. The number of hydrogen-bond donors (Lipinski definition) is 1. The third-order valence-corrected chi connectivity index (χ3v) is 3.34. The lowest BCUT2D eigenvalue weighted by Crippen LogP contribution is -2.48. The summed E-state index contributed by atoms with van der Waals surface area (Å²) in [6.45, 7) is 10.4.